The van der Waals surface area contributed by atoms with E-state index in [2.05, 4.69) is 34.7 Å². The number of methoxy groups -OCH3 is 1. The summed E-state index contributed by atoms with van der Waals surface area (Å²) >= 11 is 0. The summed E-state index contributed by atoms with van der Waals surface area (Å²) in [5.74, 6) is -2.63. The maximum Gasteiger partial charge on any atom is 0.258 e. The minimum Gasteiger partial charge on any atom is -0.496 e. The minimum atomic E-state index is -4.20. The molecule has 3 amide bonds. The summed E-state index contributed by atoms with van der Waals surface area (Å²) in [4.78, 5) is 72.3. The van der Waals surface area contributed by atoms with Crippen LogP contribution in [0.1, 0.15) is 76.8 Å². The van der Waals surface area contributed by atoms with Crippen LogP contribution in [0.5, 0.6) is 5.75 Å². The topological polar surface area (TPSA) is 190 Å². The second-order valence-electron chi connectivity index (χ2n) is 19.6. The Balaban J connectivity index is 0.677. The molecule has 2 unspecified atom stereocenters. The molecule has 3 atom stereocenters. The number of carbonyl (C=O) groups is 4. The van der Waals surface area contributed by atoms with E-state index < -0.39 is 62.1 Å². The molecule has 4 saturated heterocycles. The lowest BCUT2D eigenvalue weighted by Gasteiger charge is -2.61. The van der Waals surface area contributed by atoms with Crippen molar-refractivity contribution in [2.45, 2.75) is 69.0 Å². The van der Waals surface area contributed by atoms with Crippen molar-refractivity contribution in [3.8, 4) is 16.9 Å². The Morgan fingerprint density at radius 1 is 0.928 bits per heavy atom. The van der Waals surface area contributed by atoms with E-state index >= 15 is 8.78 Å². The van der Waals surface area contributed by atoms with E-state index in [-0.39, 0.29) is 48.5 Å². The lowest BCUT2D eigenvalue weighted by molar-refractivity contribution is -0.136. The molecule has 69 heavy (non-hydrogen) atoms. The predicted octanol–water partition coefficient (Wildman–Crippen LogP) is 5.57. The third-order valence-electron chi connectivity index (χ3n) is 15.0. The number of hydrogen-bond acceptors (Lipinski definition) is 12. The fourth-order valence-corrected chi connectivity index (χ4v) is 12.9. The molecule has 5 fully saturated rings. The van der Waals surface area contributed by atoms with Gasteiger partial charge in [0, 0.05) is 117 Å². The van der Waals surface area contributed by atoms with Crippen LogP contribution < -0.4 is 24.6 Å². The first kappa shape index (κ1) is 44.9. The number of halogens is 3. The molecule has 1 spiro atoms. The lowest BCUT2D eigenvalue weighted by Crippen LogP contribution is -2.72. The zero-order chi connectivity index (χ0) is 47.9. The summed E-state index contributed by atoms with van der Waals surface area (Å²) in [5, 5.41) is 1.61. The van der Waals surface area contributed by atoms with Crippen molar-refractivity contribution in [3.63, 3.8) is 0 Å². The van der Waals surface area contributed by atoms with Gasteiger partial charge in [-0.2, -0.15) is 0 Å². The summed E-state index contributed by atoms with van der Waals surface area (Å²) < 4.78 is 78.3. The largest absolute Gasteiger partial charge is 0.496 e. The molecule has 1 aliphatic carbocycles. The standard InChI is InChI=1S/C49H50F3N9O7S/c1-68-39-17-32(14-30-22-61(48(65)42(30)39)38-7-9-41(62)56-47(38)64)60-25-49(26-60)23-58(24-49)21-27-10-12-59(13-11-27)40-8-2-28(18-53-40)29-15-34-35(20-55-46(34)54-19-29)45(63)43-36(51)5-6-37(44(43)52)57-69(66,67)33-4-3-31(50)16-33/h2,5-6,8,14-15,17-20,27,31,33,38,57H,3-4,7,9-13,16,21-26H2,1H3,(H,54,55)(H,56,62,64)/t31-,33?,38?/m1/s1. The molecular formula is C49H50F3N9O7S. The number of nitrogens with zero attached hydrogens (tertiary/aromatic N) is 6. The quantitative estimate of drug-likeness (QED) is 0.104. The SMILES string of the molecule is COc1cc(N2CC3(CN(CC4CCN(c5ccc(-c6cnc7[nH]cc(C(=O)c8c(F)ccc(NS(=O)(=O)C9CC[C@@H](F)C9)c8F)c7c6)cn5)CC4)C3)C2)cc2c1C(=O)N(C1CCC(=O)NC1=O)C2. The van der Waals surface area contributed by atoms with Crippen LogP contribution in [0.3, 0.4) is 0 Å². The van der Waals surface area contributed by atoms with Gasteiger partial charge >= 0.3 is 0 Å². The fraction of sp³-hybridized carbons (Fsp3) is 0.429. The highest BCUT2D eigenvalue weighted by Crippen LogP contribution is 2.45. The molecule has 20 heteroatoms. The van der Waals surface area contributed by atoms with E-state index in [4.69, 9.17) is 9.72 Å². The van der Waals surface area contributed by atoms with Gasteiger partial charge in [-0.05, 0) is 86.4 Å². The third-order valence-corrected chi connectivity index (χ3v) is 16.8. The van der Waals surface area contributed by atoms with Gasteiger partial charge in [-0.25, -0.2) is 31.6 Å². The summed E-state index contributed by atoms with van der Waals surface area (Å²) in [5.41, 5.74) is 2.64. The number of imide groups is 1. The number of nitrogens with one attached hydrogen (secondary N) is 3. The molecule has 5 aromatic rings. The van der Waals surface area contributed by atoms with E-state index in [1.54, 1.807) is 30.5 Å². The van der Waals surface area contributed by atoms with Crippen LogP contribution in [0.25, 0.3) is 22.2 Å². The Kier molecular flexibility index (Phi) is 11.2. The molecule has 1 saturated carbocycles. The second-order valence-corrected chi connectivity index (χ2v) is 21.5. The number of amides is 3. The smallest absolute Gasteiger partial charge is 0.258 e. The van der Waals surface area contributed by atoms with Crippen molar-refractivity contribution in [1.29, 1.82) is 0 Å². The van der Waals surface area contributed by atoms with E-state index in [9.17, 15) is 32.0 Å². The monoisotopic (exact) mass is 965 g/mol. The van der Waals surface area contributed by atoms with Crippen molar-refractivity contribution < 1.29 is 45.5 Å². The molecule has 11 rings (SSSR count). The number of pyridine rings is 2. The van der Waals surface area contributed by atoms with E-state index in [0.717, 1.165) is 93.4 Å². The van der Waals surface area contributed by atoms with Gasteiger partial charge in [-0.3, -0.25) is 29.2 Å². The number of rotatable bonds is 12. The number of benzene rings is 2. The molecule has 0 radical (unpaired) electrons. The lowest BCUT2D eigenvalue weighted by atomic mass is 9.72. The summed E-state index contributed by atoms with van der Waals surface area (Å²) in [6, 6.07) is 10.6. The molecular weight excluding hydrogens is 916 g/mol. The number of piperidine rings is 2. The molecule has 8 heterocycles. The highest BCUT2D eigenvalue weighted by molar-refractivity contribution is 7.93. The highest BCUT2D eigenvalue weighted by atomic mass is 32.2. The van der Waals surface area contributed by atoms with Crippen LogP contribution in [0, 0.1) is 23.0 Å². The van der Waals surface area contributed by atoms with Gasteiger partial charge in [0.2, 0.25) is 27.6 Å². The number of aromatic nitrogens is 3. The number of likely N-dealkylation sites (tertiary alicyclic amines) is 1. The van der Waals surface area contributed by atoms with Crippen molar-refractivity contribution >= 4 is 61.8 Å². The van der Waals surface area contributed by atoms with Crippen LogP contribution >= 0.6 is 0 Å². The molecule has 0 bridgehead atoms. The maximum atomic E-state index is 15.8. The van der Waals surface area contributed by atoms with Gasteiger partial charge in [0.05, 0.1) is 29.2 Å². The molecule has 16 nitrogen and oxygen atoms in total. The molecule has 3 aromatic heterocycles. The van der Waals surface area contributed by atoms with Crippen LogP contribution in [-0.2, 0) is 26.2 Å². The highest BCUT2D eigenvalue weighted by Gasteiger charge is 2.52. The van der Waals surface area contributed by atoms with Crippen molar-refractivity contribution in [2.75, 3.05) is 67.4 Å². The van der Waals surface area contributed by atoms with Gasteiger partial charge in [0.25, 0.3) is 5.91 Å². The van der Waals surface area contributed by atoms with Crippen LogP contribution in [0.2, 0.25) is 0 Å². The molecule has 3 N–H and O–H groups in total. The number of hydrogen-bond donors (Lipinski definition) is 3. The normalized spacial score (nSPS) is 22.8. The van der Waals surface area contributed by atoms with Crippen LogP contribution in [-0.4, -0.2) is 127 Å². The Morgan fingerprint density at radius 2 is 1.71 bits per heavy atom. The van der Waals surface area contributed by atoms with E-state index in [1.807, 2.05) is 24.3 Å². The maximum absolute atomic E-state index is 15.8. The van der Waals surface area contributed by atoms with Crippen molar-refractivity contribution in [3.05, 3.63) is 94.9 Å². The first-order valence-electron chi connectivity index (χ1n) is 23.4. The zero-order valence-electron chi connectivity index (χ0n) is 37.8. The number of H-pyrrole nitrogens is 1. The summed E-state index contributed by atoms with van der Waals surface area (Å²) in [6.45, 7) is 6.96. The summed E-state index contributed by atoms with van der Waals surface area (Å²) in [7, 11) is -2.64. The average Bonchev–Trinajstić information content (AvgIpc) is 4.04. The number of ether oxygens (including phenoxy) is 1. The van der Waals surface area contributed by atoms with Gasteiger partial charge in [0.1, 0.15) is 35.2 Å². The Bertz CT molecular complexity index is 3040. The van der Waals surface area contributed by atoms with Crippen molar-refractivity contribution in [2.24, 2.45) is 11.3 Å². The Morgan fingerprint density at radius 3 is 2.42 bits per heavy atom. The van der Waals surface area contributed by atoms with Crippen LogP contribution in [0.15, 0.2) is 61.1 Å². The van der Waals surface area contributed by atoms with Gasteiger partial charge in [0.15, 0.2) is 5.82 Å². The number of carbonyl (C=O) groups excluding carboxylic acids is 4. The molecule has 2 aromatic carbocycles. The first-order valence-corrected chi connectivity index (χ1v) is 24.9. The van der Waals surface area contributed by atoms with Crippen molar-refractivity contribution in [1.82, 2.24) is 30.1 Å². The van der Waals surface area contributed by atoms with Crippen LogP contribution in [0.4, 0.5) is 30.4 Å². The third kappa shape index (κ3) is 8.13. The predicted molar refractivity (Wildman–Crippen MR) is 249 cm³/mol. The van der Waals surface area contributed by atoms with Gasteiger partial charge in [-0.15, -0.1) is 0 Å². The minimum absolute atomic E-state index is 0.0535. The molecule has 5 aliphatic heterocycles. The number of alkyl halides is 1. The van der Waals surface area contributed by atoms with E-state index in [1.165, 1.54) is 6.20 Å². The Labute approximate surface area is 395 Å². The van der Waals surface area contributed by atoms with Gasteiger partial charge in [-0.1, -0.05) is 0 Å². The number of ketones is 1. The second kappa shape index (κ2) is 17.1. The first-order chi connectivity index (χ1) is 33.2. The molecule has 6 aliphatic rings. The summed E-state index contributed by atoms with van der Waals surface area (Å²) in [6.07, 6.45) is 5.87. The number of sulfonamides is 1. The number of fused-ring (bicyclic) bond motifs is 2. The average molecular weight is 966 g/mol. The zero-order valence-corrected chi connectivity index (χ0v) is 38.6. The number of anilines is 3. The Hall–Kier alpha value is -6.54. The fourth-order valence-electron chi connectivity index (χ4n) is 11.4. The van der Waals surface area contributed by atoms with Gasteiger partial charge < -0.3 is 29.3 Å². The number of aromatic amines is 1. The van der Waals surface area contributed by atoms with E-state index in [0.29, 0.717) is 46.8 Å². The molecule has 360 valence electrons.